The summed E-state index contributed by atoms with van der Waals surface area (Å²) in [4.78, 5) is 12.3. The third-order valence-electron chi connectivity index (χ3n) is 4.21. The number of hydrogen-bond acceptors (Lipinski definition) is 4. The van der Waals surface area contributed by atoms with Gasteiger partial charge in [0.25, 0.3) is 5.91 Å². The maximum absolute atomic E-state index is 12.3. The van der Waals surface area contributed by atoms with Gasteiger partial charge in [-0.3, -0.25) is 4.79 Å². The van der Waals surface area contributed by atoms with Crippen molar-refractivity contribution in [2.45, 2.75) is 31.9 Å². The van der Waals surface area contributed by atoms with Gasteiger partial charge in [0.05, 0.1) is 0 Å². The van der Waals surface area contributed by atoms with Gasteiger partial charge in [0.2, 0.25) is 6.10 Å². The highest BCUT2D eigenvalue weighted by atomic mass is 35.5. The van der Waals surface area contributed by atoms with Gasteiger partial charge in [-0.2, -0.15) is 0 Å². The molecule has 1 amide bonds. The van der Waals surface area contributed by atoms with Crippen LogP contribution in [0.5, 0.6) is 11.5 Å². The molecule has 6 heteroatoms. The Kier molecular flexibility index (Phi) is 5.91. The number of amides is 1. The van der Waals surface area contributed by atoms with E-state index in [1.54, 1.807) is 0 Å². The van der Waals surface area contributed by atoms with Crippen LogP contribution in [0, 0.1) is 5.92 Å². The van der Waals surface area contributed by atoms with Gasteiger partial charge < -0.3 is 20.1 Å². The van der Waals surface area contributed by atoms with Gasteiger partial charge in [-0.15, -0.1) is 12.4 Å². The molecular formula is C16H23ClN2O3. The van der Waals surface area contributed by atoms with Crippen molar-refractivity contribution in [3.8, 4) is 11.5 Å². The Morgan fingerprint density at radius 1 is 1.36 bits per heavy atom. The number of hydrogen-bond donors (Lipinski definition) is 2. The first-order chi connectivity index (χ1) is 10.2. The molecule has 0 aliphatic carbocycles. The summed E-state index contributed by atoms with van der Waals surface area (Å²) in [7, 11) is 0. The first-order valence-electron chi connectivity index (χ1n) is 7.63. The predicted molar refractivity (Wildman–Crippen MR) is 86.8 cm³/mol. The molecular weight excluding hydrogens is 304 g/mol. The van der Waals surface area contributed by atoms with E-state index in [0.29, 0.717) is 17.4 Å². The number of piperidine rings is 1. The van der Waals surface area contributed by atoms with Crippen molar-refractivity contribution in [3.05, 3.63) is 24.3 Å². The zero-order valence-corrected chi connectivity index (χ0v) is 13.5. The molecule has 1 saturated heterocycles. The molecule has 0 aromatic heterocycles. The molecule has 2 aliphatic rings. The Labute approximate surface area is 137 Å². The Bertz CT molecular complexity index is 506. The largest absolute Gasteiger partial charge is 0.485 e. The average Bonchev–Trinajstić information content (AvgIpc) is 2.55. The molecule has 1 fully saturated rings. The number of halogens is 1. The molecule has 2 N–H and O–H groups in total. The summed E-state index contributed by atoms with van der Waals surface area (Å²) >= 11 is 0. The number of carbonyl (C=O) groups is 1. The lowest BCUT2D eigenvalue weighted by molar-refractivity contribution is -0.131. The SMILES string of the molecule is CC(NC(=O)C1COc2ccccc2O1)C1CCCNC1.Cl. The molecule has 0 radical (unpaired) electrons. The van der Waals surface area contributed by atoms with Crippen LogP contribution in [0.1, 0.15) is 19.8 Å². The van der Waals surface area contributed by atoms with E-state index in [1.165, 1.54) is 6.42 Å². The molecule has 2 aliphatic heterocycles. The van der Waals surface area contributed by atoms with Crippen molar-refractivity contribution in [2.75, 3.05) is 19.7 Å². The molecule has 5 nitrogen and oxygen atoms in total. The van der Waals surface area contributed by atoms with Crippen molar-refractivity contribution in [3.63, 3.8) is 0 Å². The number of carbonyl (C=O) groups excluding carboxylic acids is 1. The number of para-hydroxylation sites is 2. The van der Waals surface area contributed by atoms with Gasteiger partial charge in [0, 0.05) is 6.04 Å². The van der Waals surface area contributed by atoms with Gasteiger partial charge in [0.1, 0.15) is 6.61 Å². The topological polar surface area (TPSA) is 59.6 Å². The Morgan fingerprint density at radius 3 is 2.86 bits per heavy atom. The van der Waals surface area contributed by atoms with E-state index in [1.807, 2.05) is 24.3 Å². The lowest BCUT2D eigenvalue weighted by Crippen LogP contribution is -2.50. The first kappa shape index (κ1) is 16.9. The van der Waals surface area contributed by atoms with Crippen LogP contribution in [-0.2, 0) is 4.79 Å². The molecule has 2 heterocycles. The maximum atomic E-state index is 12.3. The highest BCUT2D eigenvalue weighted by Gasteiger charge is 2.30. The summed E-state index contributed by atoms with van der Waals surface area (Å²) in [6, 6.07) is 7.58. The second-order valence-electron chi connectivity index (χ2n) is 5.77. The van der Waals surface area contributed by atoms with Crippen LogP contribution in [0.25, 0.3) is 0 Å². The standard InChI is InChI=1S/C16H22N2O3.ClH/c1-11(12-5-4-8-17-9-12)18-16(19)15-10-20-13-6-2-3-7-14(13)21-15;/h2-3,6-7,11-12,15,17H,4-5,8-10H2,1H3,(H,18,19);1H. The summed E-state index contributed by atoms with van der Waals surface area (Å²) in [5, 5.41) is 6.44. The van der Waals surface area contributed by atoms with Gasteiger partial charge in [-0.05, 0) is 50.9 Å². The number of benzene rings is 1. The molecule has 3 atom stereocenters. The van der Waals surface area contributed by atoms with Crippen molar-refractivity contribution < 1.29 is 14.3 Å². The van der Waals surface area contributed by atoms with Gasteiger partial charge in [-0.25, -0.2) is 0 Å². The van der Waals surface area contributed by atoms with E-state index in [2.05, 4.69) is 17.6 Å². The Morgan fingerprint density at radius 2 is 2.14 bits per heavy atom. The summed E-state index contributed by atoms with van der Waals surface area (Å²) in [5.41, 5.74) is 0. The number of ether oxygens (including phenoxy) is 2. The van der Waals surface area contributed by atoms with E-state index in [0.717, 1.165) is 19.5 Å². The molecule has 3 rings (SSSR count). The maximum Gasteiger partial charge on any atom is 0.264 e. The van der Waals surface area contributed by atoms with Crippen LogP contribution in [0.4, 0.5) is 0 Å². The smallest absolute Gasteiger partial charge is 0.264 e. The summed E-state index contributed by atoms with van der Waals surface area (Å²) in [6.45, 7) is 4.37. The van der Waals surface area contributed by atoms with Crippen molar-refractivity contribution in [1.29, 1.82) is 0 Å². The molecule has 22 heavy (non-hydrogen) atoms. The van der Waals surface area contributed by atoms with Crippen molar-refractivity contribution >= 4 is 18.3 Å². The minimum atomic E-state index is -0.570. The van der Waals surface area contributed by atoms with Crippen LogP contribution >= 0.6 is 12.4 Å². The van der Waals surface area contributed by atoms with E-state index < -0.39 is 6.10 Å². The van der Waals surface area contributed by atoms with E-state index >= 15 is 0 Å². The third kappa shape index (κ3) is 3.84. The van der Waals surface area contributed by atoms with Gasteiger partial charge >= 0.3 is 0 Å². The minimum absolute atomic E-state index is 0. The quantitative estimate of drug-likeness (QED) is 0.888. The Hall–Kier alpha value is -1.46. The van der Waals surface area contributed by atoms with Crippen LogP contribution < -0.4 is 20.1 Å². The first-order valence-corrected chi connectivity index (χ1v) is 7.63. The average molecular weight is 327 g/mol. The van der Waals surface area contributed by atoms with E-state index in [4.69, 9.17) is 9.47 Å². The fraction of sp³-hybridized carbons (Fsp3) is 0.562. The van der Waals surface area contributed by atoms with Crippen LogP contribution in [0.3, 0.4) is 0 Å². The second-order valence-corrected chi connectivity index (χ2v) is 5.77. The zero-order chi connectivity index (χ0) is 14.7. The van der Waals surface area contributed by atoms with Crippen molar-refractivity contribution in [2.24, 2.45) is 5.92 Å². The third-order valence-corrected chi connectivity index (χ3v) is 4.21. The van der Waals surface area contributed by atoms with Crippen molar-refractivity contribution in [1.82, 2.24) is 10.6 Å². The van der Waals surface area contributed by atoms with Gasteiger partial charge in [0.15, 0.2) is 11.5 Å². The van der Waals surface area contributed by atoms with Crippen LogP contribution in [-0.4, -0.2) is 37.7 Å². The second kappa shape index (κ2) is 7.70. The summed E-state index contributed by atoms with van der Waals surface area (Å²) in [6.07, 6.45) is 1.75. The molecule has 0 bridgehead atoms. The molecule has 122 valence electrons. The minimum Gasteiger partial charge on any atom is -0.485 e. The molecule has 0 saturated carbocycles. The summed E-state index contributed by atoms with van der Waals surface area (Å²) in [5.74, 6) is 1.73. The normalized spacial score (nSPS) is 24.8. The van der Waals surface area contributed by atoms with Crippen LogP contribution in [0.15, 0.2) is 24.3 Å². The van der Waals surface area contributed by atoms with Crippen LogP contribution in [0.2, 0.25) is 0 Å². The predicted octanol–water partition coefficient (Wildman–Crippen LogP) is 1.75. The highest BCUT2D eigenvalue weighted by Crippen LogP contribution is 2.30. The fourth-order valence-corrected chi connectivity index (χ4v) is 2.89. The molecule has 1 aromatic rings. The highest BCUT2D eigenvalue weighted by molar-refractivity contribution is 5.85. The lowest BCUT2D eigenvalue weighted by atomic mass is 9.92. The number of rotatable bonds is 3. The van der Waals surface area contributed by atoms with E-state index in [9.17, 15) is 4.79 Å². The monoisotopic (exact) mass is 326 g/mol. The van der Waals surface area contributed by atoms with Gasteiger partial charge in [-0.1, -0.05) is 12.1 Å². The molecule has 3 unspecified atom stereocenters. The Balaban J connectivity index is 0.00000176. The van der Waals surface area contributed by atoms with E-state index in [-0.39, 0.29) is 31.0 Å². The number of nitrogens with one attached hydrogen (secondary N) is 2. The number of fused-ring (bicyclic) bond motifs is 1. The molecule has 1 aromatic carbocycles. The zero-order valence-electron chi connectivity index (χ0n) is 12.7. The molecule has 0 spiro atoms. The lowest BCUT2D eigenvalue weighted by Gasteiger charge is -2.31. The summed E-state index contributed by atoms with van der Waals surface area (Å²) < 4.78 is 11.3. The fourth-order valence-electron chi connectivity index (χ4n) is 2.89.